The molecule has 5 nitrogen and oxygen atoms in total. The van der Waals surface area contributed by atoms with Gasteiger partial charge in [0.1, 0.15) is 0 Å². The van der Waals surface area contributed by atoms with Gasteiger partial charge < -0.3 is 5.32 Å². The second-order valence-corrected chi connectivity index (χ2v) is 6.08. The average Bonchev–Trinajstić information content (AvgIpc) is 2.36. The van der Waals surface area contributed by atoms with Gasteiger partial charge in [0.05, 0.1) is 4.90 Å². The molecule has 0 aliphatic rings. The number of aryl methyl sites for hydroxylation is 1. The van der Waals surface area contributed by atoms with Crippen molar-refractivity contribution >= 4 is 15.9 Å². The maximum Gasteiger partial charge on any atom is 0.240 e. The molecule has 0 unspecified atom stereocenters. The van der Waals surface area contributed by atoms with Crippen LogP contribution in [0.4, 0.5) is 0 Å². The molecule has 0 saturated carbocycles. The minimum Gasteiger partial charge on any atom is -0.356 e. The summed E-state index contributed by atoms with van der Waals surface area (Å²) in [7, 11) is -3.52. The van der Waals surface area contributed by atoms with Crippen LogP contribution in [-0.4, -0.2) is 27.4 Å². The molecule has 19 heavy (non-hydrogen) atoms. The predicted molar refractivity (Wildman–Crippen MR) is 74.3 cm³/mol. The maximum atomic E-state index is 11.9. The lowest BCUT2D eigenvalue weighted by atomic mass is 10.2. The Hall–Kier alpha value is -1.40. The van der Waals surface area contributed by atoms with E-state index in [4.69, 9.17) is 0 Å². The number of sulfonamides is 1. The van der Waals surface area contributed by atoms with Gasteiger partial charge in [-0.25, -0.2) is 13.1 Å². The van der Waals surface area contributed by atoms with Crippen LogP contribution in [0.3, 0.4) is 0 Å². The molecule has 2 N–H and O–H groups in total. The van der Waals surface area contributed by atoms with Crippen molar-refractivity contribution in [3.8, 4) is 0 Å². The summed E-state index contributed by atoms with van der Waals surface area (Å²) in [6, 6.07) is 6.58. The number of amides is 1. The summed E-state index contributed by atoms with van der Waals surface area (Å²) in [6.45, 7) is 4.57. The van der Waals surface area contributed by atoms with Gasteiger partial charge in [0, 0.05) is 19.5 Å². The van der Waals surface area contributed by atoms with Crippen LogP contribution < -0.4 is 10.0 Å². The van der Waals surface area contributed by atoms with Gasteiger partial charge in [-0.3, -0.25) is 4.79 Å². The molecular weight excluding hydrogens is 264 g/mol. The van der Waals surface area contributed by atoms with Gasteiger partial charge >= 0.3 is 0 Å². The van der Waals surface area contributed by atoms with Crippen LogP contribution in [0, 0.1) is 6.92 Å². The molecule has 0 atom stereocenters. The third kappa shape index (κ3) is 5.40. The van der Waals surface area contributed by atoms with Gasteiger partial charge in [0.15, 0.2) is 0 Å². The van der Waals surface area contributed by atoms with E-state index in [9.17, 15) is 13.2 Å². The Kier molecular flexibility index (Phi) is 5.98. The van der Waals surface area contributed by atoms with Crippen molar-refractivity contribution in [2.45, 2.75) is 31.6 Å². The van der Waals surface area contributed by atoms with Crippen molar-refractivity contribution in [3.05, 3.63) is 29.8 Å². The highest BCUT2D eigenvalue weighted by Gasteiger charge is 2.13. The zero-order valence-corrected chi connectivity index (χ0v) is 12.1. The second kappa shape index (κ2) is 7.25. The van der Waals surface area contributed by atoms with Crippen molar-refractivity contribution < 1.29 is 13.2 Å². The first-order valence-electron chi connectivity index (χ1n) is 6.28. The van der Waals surface area contributed by atoms with E-state index >= 15 is 0 Å². The van der Waals surface area contributed by atoms with Crippen LogP contribution in [-0.2, 0) is 14.8 Å². The number of benzene rings is 1. The van der Waals surface area contributed by atoms with E-state index in [0.717, 1.165) is 12.0 Å². The Labute approximate surface area is 114 Å². The second-order valence-electron chi connectivity index (χ2n) is 4.31. The molecule has 0 bridgehead atoms. The Morgan fingerprint density at radius 2 is 1.79 bits per heavy atom. The number of nitrogens with one attached hydrogen (secondary N) is 2. The zero-order chi connectivity index (χ0) is 14.3. The molecule has 0 aliphatic heterocycles. The van der Waals surface area contributed by atoms with E-state index in [0.29, 0.717) is 6.54 Å². The summed E-state index contributed by atoms with van der Waals surface area (Å²) >= 11 is 0. The fourth-order valence-corrected chi connectivity index (χ4v) is 2.48. The predicted octanol–water partition coefficient (Wildman–Crippen LogP) is 1.19. The van der Waals surface area contributed by atoms with E-state index in [1.807, 2.05) is 13.8 Å². The largest absolute Gasteiger partial charge is 0.356 e. The van der Waals surface area contributed by atoms with Crippen molar-refractivity contribution in [3.63, 3.8) is 0 Å². The molecule has 0 saturated heterocycles. The van der Waals surface area contributed by atoms with Crippen LogP contribution in [0.2, 0.25) is 0 Å². The van der Waals surface area contributed by atoms with Gasteiger partial charge in [-0.2, -0.15) is 0 Å². The lowest BCUT2D eigenvalue weighted by Crippen LogP contribution is -2.31. The van der Waals surface area contributed by atoms with Gasteiger partial charge in [-0.1, -0.05) is 24.6 Å². The van der Waals surface area contributed by atoms with E-state index in [1.165, 1.54) is 0 Å². The monoisotopic (exact) mass is 284 g/mol. The summed E-state index contributed by atoms with van der Waals surface area (Å²) < 4.78 is 26.2. The molecular formula is C13H20N2O3S. The number of rotatable bonds is 7. The highest BCUT2D eigenvalue weighted by molar-refractivity contribution is 7.89. The van der Waals surface area contributed by atoms with E-state index in [-0.39, 0.29) is 23.8 Å². The summed E-state index contributed by atoms with van der Waals surface area (Å²) in [6.07, 6.45) is 1.01. The Bertz CT molecular complexity index is 509. The van der Waals surface area contributed by atoms with Crippen LogP contribution in [0.5, 0.6) is 0 Å². The molecule has 0 heterocycles. The Morgan fingerprint density at radius 1 is 1.16 bits per heavy atom. The Balaban J connectivity index is 2.47. The molecule has 0 aromatic heterocycles. The first-order valence-corrected chi connectivity index (χ1v) is 7.77. The topological polar surface area (TPSA) is 75.3 Å². The average molecular weight is 284 g/mol. The third-order valence-corrected chi connectivity index (χ3v) is 4.02. The highest BCUT2D eigenvalue weighted by atomic mass is 32.2. The summed E-state index contributed by atoms with van der Waals surface area (Å²) in [5, 5.41) is 2.69. The maximum absolute atomic E-state index is 11.9. The molecule has 1 amide bonds. The van der Waals surface area contributed by atoms with Crippen LogP contribution >= 0.6 is 0 Å². The first kappa shape index (κ1) is 15.7. The number of hydrogen-bond acceptors (Lipinski definition) is 3. The molecule has 1 aromatic carbocycles. The van der Waals surface area contributed by atoms with Gasteiger partial charge in [-0.15, -0.1) is 0 Å². The van der Waals surface area contributed by atoms with Gasteiger partial charge in [0.2, 0.25) is 15.9 Å². The van der Waals surface area contributed by atoms with Crippen molar-refractivity contribution in [2.75, 3.05) is 13.1 Å². The highest BCUT2D eigenvalue weighted by Crippen LogP contribution is 2.09. The minimum atomic E-state index is -3.52. The first-order chi connectivity index (χ1) is 8.95. The molecule has 1 rings (SSSR count). The molecule has 106 valence electrons. The minimum absolute atomic E-state index is 0.103. The summed E-state index contributed by atoms with van der Waals surface area (Å²) in [4.78, 5) is 11.5. The fraction of sp³-hybridized carbons (Fsp3) is 0.462. The van der Waals surface area contributed by atoms with Gasteiger partial charge in [0.25, 0.3) is 0 Å². The van der Waals surface area contributed by atoms with Crippen molar-refractivity contribution in [1.82, 2.24) is 10.0 Å². The third-order valence-electron chi connectivity index (χ3n) is 2.55. The molecule has 0 fully saturated rings. The number of carbonyl (C=O) groups excluding carboxylic acids is 1. The van der Waals surface area contributed by atoms with Crippen LogP contribution in [0.15, 0.2) is 29.2 Å². The lowest BCUT2D eigenvalue weighted by molar-refractivity contribution is -0.120. The Morgan fingerprint density at radius 3 is 2.37 bits per heavy atom. The smallest absolute Gasteiger partial charge is 0.240 e. The van der Waals surface area contributed by atoms with Crippen LogP contribution in [0.1, 0.15) is 25.3 Å². The number of carbonyl (C=O) groups is 1. The quantitative estimate of drug-likeness (QED) is 0.789. The van der Waals surface area contributed by atoms with E-state index < -0.39 is 10.0 Å². The zero-order valence-electron chi connectivity index (χ0n) is 11.3. The summed E-state index contributed by atoms with van der Waals surface area (Å²) in [5.74, 6) is -0.145. The van der Waals surface area contributed by atoms with Gasteiger partial charge in [-0.05, 0) is 25.5 Å². The van der Waals surface area contributed by atoms with E-state index in [1.54, 1.807) is 24.3 Å². The lowest BCUT2D eigenvalue weighted by Gasteiger charge is -2.07. The van der Waals surface area contributed by atoms with Crippen molar-refractivity contribution in [2.24, 2.45) is 0 Å². The summed E-state index contributed by atoms with van der Waals surface area (Å²) in [5.41, 5.74) is 0.998. The number of hydrogen-bond donors (Lipinski definition) is 2. The molecule has 0 radical (unpaired) electrons. The SMILES string of the molecule is CCCNC(=O)CCNS(=O)(=O)c1ccc(C)cc1. The van der Waals surface area contributed by atoms with E-state index in [2.05, 4.69) is 10.0 Å². The fourth-order valence-electron chi connectivity index (χ4n) is 1.45. The van der Waals surface area contributed by atoms with Crippen LogP contribution in [0.25, 0.3) is 0 Å². The molecule has 0 aliphatic carbocycles. The van der Waals surface area contributed by atoms with Crippen molar-refractivity contribution in [1.29, 1.82) is 0 Å². The molecule has 0 spiro atoms. The molecule has 1 aromatic rings. The standard InChI is InChI=1S/C13H20N2O3S/c1-3-9-14-13(16)8-10-15-19(17,18)12-6-4-11(2)5-7-12/h4-7,15H,3,8-10H2,1-2H3,(H,14,16). The normalized spacial score (nSPS) is 11.3. The molecule has 6 heteroatoms.